The number of nitrogens with zero attached hydrogens (tertiary/aromatic N) is 2. The molecule has 0 atom stereocenters. The Kier molecular flexibility index (Phi) is 3.80. The lowest BCUT2D eigenvalue weighted by Gasteiger charge is -2.02. The molecule has 0 unspecified atom stereocenters. The zero-order valence-electron chi connectivity index (χ0n) is 9.54. The number of nitrogens with one attached hydrogen (secondary N) is 1. The van der Waals surface area contributed by atoms with Crippen LogP contribution in [0, 0.1) is 5.92 Å². The Hall–Kier alpha value is -0.920. The van der Waals surface area contributed by atoms with E-state index in [4.69, 9.17) is 5.11 Å². The summed E-state index contributed by atoms with van der Waals surface area (Å²) in [6.45, 7) is 1.11. The van der Waals surface area contributed by atoms with Crippen LogP contribution >= 0.6 is 0 Å². The quantitative estimate of drug-likeness (QED) is 0.719. The molecule has 96 valence electrons. The minimum absolute atomic E-state index is 0.0713. The van der Waals surface area contributed by atoms with E-state index < -0.39 is 10.0 Å². The molecule has 1 fully saturated rings. The largest absolute Gasteiger partial charge is 0.396 e. The second-order valence-electron chi connectivity index (χ2n) is 4.31. The maximum Gasteiger partial charge on any atom is 0.243 e. The van der Waals surface area contributed by atoms with E-state index in [1.54, 1.807) is 0 Å². The Morgan fingerprint density at radius 2 is 2.29 bits per heavy atom. The van der Waals surface area contributed by atoms with Crippen molar-refractivity contribution in [1.29, 1.82) is 0 Å². The SMILES string of the molecule is O=S(=O)(NCC1CC1)c1cnn(CCCO)c1. The summed E-state index contributed by atoms with van der Waals surface area (Å²) < 4.78 is 27.8. The van der Waals surface area contributed by atoms with Gasteiger partial charge in [-0.1, -0.05) is 0 Å². The van der Waals surface area contributed by atoms with Crippen molar-refractivity contribution in [2.75, 3.05) is 13.2 Å². The van der Waals surface area contributed by atoms with Crippen LogP contribution in [-0.2, 0) is 16.6 Å². The molecule has 0 aliphatic heterocycles. The summed E-state index contributed by atoms with van der Waals surface area (Å²) >= 11 is 0. The molecule has 1 aromatic heterocycles. The number of aryl methyl sites for hydroxylation is 1. The average molecular weight is 259 g/mol. The molecular formula is C10H17N3O3S. The highest BCUT2D eigenvalue weighted by atomic mass is 32.2. The second-order valence-corrected chi connectivity index (χ2v) is 6.08. The van der Waals surface area contributed by atoms with E-state index in [-0.39, 0.29) is 11.5 Å². The number of rotatable bonds is 7. The van der Waals surface area contributed by atoms with Gasteiger partial charge in [-0.3, -0.25) is 4.68 Å². The fourth-order valence-electron chi connectivity index (χ4n) is 1.47. The lowest BCUT2D eigenvalue weighted by molar-refractivity contribution is 0.277. The number of hydrogen-bond acceptors (Lipinski definition) is 4. The molecule has 17 heavy (non-hydrogen) atoms. The minimum Gasteiger partial charge on any atom is -0.396 e. The first kappa shape index (κ1) is 12.5. The smallest absolute Gasteiger partial charge is 0.243 e. The number of aromatic nitrogens is 2. The van der Waals surface area contributed by atoms with Crippen LogP contribution in [0.4, 0.5) is 0 Å². The predicted octanol–water partition coefficient (Wildman–Crippen LogP) is -0.0462. The topological polar surface area (TPSA) is 84.2 Å². The van der Waals surface area contributed by atoms with Gasteiger partial charge in [0.25, 0.3) is 0 Å². The third-order valence-electron chi connectivity index (χ3n) is 2.72. The third kappa shape index (κ3) is 3.52. The van der Waals surface area contributed by atoms with E-state index in [1.165, 1.54) is 17.1 Å². The number of aliphatic hydroxyl groups is 1. The maximum atomic E-state index is 11.8. The fraction of sp³-hybridized carbons (Fsp3) is 0.700. The second kappa shape index (κ2) is 5.16. The Labute approximate surface area is 101 Å². The molecule has 6 nitrogen and oxygen atoms in total. The molecule has 0 amide bonds. The van der Waals surface area contributed by atoms with Crippen molar-refractivity contribution < 1.29 is 13.5 Å². The van der Waals surface area contributed by atoms with E-state index in [0.717, 1.165) is 12.8 Å². The highest BCUT2D eigenvalue weighted by Crippen LogP contribution is 2.28. The van der Waals surface area contributed by atoms with Crippen molar-refractivity contribution in [2.45, 2.75) is 30.7 Å². The molecule has 1 aromatic rings. The maximum absolute atomic E-state index is 11.8. The van der Waals surface area contributed by atoms with E-state index in [2.05, 4.69) is 9.82 Å². The first-order chi connectivity index (χ1) is 8.12. The molecular weight excluding hydrogens is 242 g/mol. The van der Waals surface area contributed by atoms with Crippen LogP contribution in [0.1, 0.15) is 19.3 Å². The number of sulfonamides is 1. The minimum atomic E-state index is -3.42. The van der Waals surface area contributed by atoms with Crippen molar-refractivity contribution in [1.82, 2.24) is 14.5 Å². The van der Waals surface area contributed by atoms with Crippen LogP contribution < -0.4 is 4.72 Å². The van der Waals surface area contributed by atoms with Crippen LogP contribution in [0.2, 0.25) is 0 Å². The lowest BCUT2D eigenvalue weighted by Crippen LogP contribution is -2.25. The van der Waals surface area contributed by atoms with Crippen LogP contribution in [-0.4, -0.2) is 36.5 Å². The molecule has 0 spiro atoms. The normalized spacial score (nSPS) is 16.3. The van der Waals surface area contributed by atoms with Gasteiger partial charge in [0, 0.05) is 25.9 Å². The van der Waals surface area contributed by atoms with Gasteiger partial charge in [-0.2, -0.15) is 5.10 Å². The molecule has 2 rings (SSSR count). The Bertz CT molecular complexity index is 465. The standard InChI is InChI=1S/C10H17N3O3S/c14-5-1-4-13-8-10(7-11-13)17(15,16)12-6-9-2-3-9/h7-9,12,14H,1-6H2. The van der Waals surface area contributed by atoms with Gasteiger partial charge in [-0.15, -0.1) is 0 Å². The van der Waals surface area contributed by atoms with Gasteiger partial charge >= 0.3 is 0 Å². The van der Waals surface area contributed by atoms with E-state index in [1.807, 2.05) is 0 Å². The summed E-state index contributed by atoms with van der Waals surface area (Å²) in [6, 6.07) is 0. The summed E-state index contributed by atoms with van der Waals surface area (Å²) in [4.78, 5) is 0.191. The first-order valence-corrected chi connectivity index (χ1v) is 7.23. The molecule has 7 heteroatoms. The van der Waals surface area contributed by atoms with Crippen LogP contribution in [0.15, 0.2) is 17.3 Å². The zero-order valence-corrected chi connectivity index (χ0v) is 10.4. The predicted molar refractivity (Wildman–Crippen MR) is 61.8 cm³/mol. The summed E-state index contributed by atoms with van der Waals surface area (Å²) in [7, 11) is -3.42. The first-order valence-electron chi connectivity index (χ1n) is 5.75. The molecule has 0 aromatic carbocycles. The van der Waals surface area contributed by atoms with Crippen molar-refractivity contribution in [2.24, 2.45) is 5.92 Å². The van der Waals surface area contributed by atoms with Gasteiger partial charge in [0.1, 0.15) is 4.90 Å². The molecule has 0 radical (unpaired) electrons. The van der Waals surface area contributed by atoms with E-state index in [9.17, 15) is 8.42 Å². The highest BCUT2D eigenvalue weighted by Gasteiger charge is 2.24. The van der Waals surface area contributed by atoms with Gasteiger partial charge in [-0.05, 0) is 25.2 Å². The monoisotopic (exact) mass is 259 g/mol. The van der Waals surface area contributed by atoms with Crippen LogP contribution in [0.3, 0.4) is 0 Å². The van der Waals surface area contributed by atoms with E-state index in [0.29, 0.717) is 25.4 Å². The number of aliphatic hydroxyl groups excluding tert-OH is 1. The third-order valence-corrected chi connectivity index (χ3v) is 4.10. The summed E-state index contributed by atoms with van der Waals surface area (Å²) in [6.07, 6.45) is 5.62. The molecule has 1 heterocycles. The van der Waals surface area contributed by atoms with Gasteiger partial charge in [0.2, 0.25) is 10.0 Å². The van der Waals surface area contributed by atoms with Crippen molar-refractivity contribution in [3.8, 4) is 0 Å². The van der Waals surface area contributed by atoms with Crippen molar-refractivity contribution >= 4 is 10.0 Å². The zero-order chi connectivity index (χ0) is 12.3. The summed E-state index contributed by atoms with van der Waals surface area (Å²) in [5, 5.41) is 12.6. The van der Waals surface area contributed by atoms with E-state index >= 15 is 0 Å². The Balaban J connectivity index is 1.96. The summed E-state index contributed by atoms with van der Waals surface area (Å²) in [5.74, 6) is 0.509. The van der Waals surface area contributed by atoms with Gasteiger partial charge in [0.05, 0.1) is 6.20 Å². The number of hydrogen-bond donors (Lipinski definition) is 2. The van der Waals surface area contributed by atoms with Crippen molar-refractivity contribution in [3.05, 3.63) is 12.4 Å². The molecule has 1 saturated carbocycles. The molecule has 2 N–H and O–H groups in total. The fourth-order valence-corrected chi connectivity index (χ4v) is 2.54. The van der Waals surface area contributed by atoms with Gasteiger partial charge < -0.3 is 5.11 Å². The Morgan fingerprint density at radius 1 is 1.53 bits per heavy atom. The summed E-state index contributed by atoms with van der Waals surface area (Å²) in [5.41, 5.74) is 0. The molecule has 1 aliphatic carbocycles. The Morgan fingerprint density at radius 3 is 2.94 bits per heavy atom. The van der Waals surface area contributed by atoms with Gasteiger partial charge in [0.15, 0.2) is 0 Å². The van der Waals surface area contributed by atoms with Crippen LogP contribution in [0.5, 0.6) is 0 Å². The van der Waals surface area contributed by atoms with Crippen LogP contribution in [0.25, 0.3) is 0 Å². The highest BCUT2D eigenvalue weighted by molar-refractivity contribution is 7.89. The average Bonchev–Trinajstić information content (AvgIpc) is 3.01. The van der Waals surface area contributed by atoms with Gasteiger partial charge in [-0.25, -0.2) is 13.1 Å². The van der Waals surface area contributed by atoms with Crippen molar-refractivity contribution in [3.63, 3.8) is 0 Å². The molecule has 0 bridgehead atoms. The lowest BCUT2D eigenvalue weighted by atomic mass is 10.4. The molecule has 0 saturated heterocycles. The molecule has 1 aliphatic rings.